The lowest BCUT2D eigenvalue weighted by Crippen LogP contribution is -2.26. The third-order valence-corrected chi connectivity index (χ3v) is 3.44. The van der Waals surface area contributed by atoms with Crippen LogP contribution in [0.15, 0.2) is 41.3 Å². The van der Waals surface area contributed by atoms with Crippen molar-refractivity contribution in [3.8, 4) is 5.75 Å². The fraction of sp³-hybridized carbons (Fsp3) is 0.333. The maximum Gasteiger partial charge on any atom is 0.268 e. The van der Waals surface area contributed by atoms with Crippen LogP contribution < -0.4 is 15.6 Å². The number of nitrogens with one attached hydrogen (secondary N) is 1. The summed E-state index contributed by atoms with van der Waals surface area (Å²) in [4.78, 5) is 12.0. The molecule has 0 radical (unpaired) electrons. The molecule has 1 aromatic carbocycles. The third kappa shape index (κ3) is 2.39. The second-order valence-corrected chi connectivity index (χ2v) is 4.84. The van der Waals surface area contributed by atoms with Gasteiger partial charge in [0.1, 0.15) is 5.75 Å². The van der Waals surface area contributed by atoms with E-state index in [4.69, 9.17) is 4.74 Å². The van der Waals surface area contributed by atoms with Crippen molar-refractivity contribution >= 4 is 5.69 Å². The average Bonchev–Trinajstić information content (AvgIpc) is 2.86. The van der Waals surface area contributed by atoms with Crippen molar-refractivity contribution < 1.29 is 4.74 Å². The Morgan fingerprint density at radius 1 is 1.45 bits per heavy atom. The van der Waals surface area contributed by atoms with Gasteiger partial charge in [0.2, 0.25) is 0 Å². The van der Waals surface area contributed by atoms with E-state index in [9.17, 15) is 4.79 Å². The SMILES string of the molecule is CCNc1cnn(CC2COc3ccccc32)c(=O)c1. The zero-order chi connectivity index (χ0) is 13.9. The number of fused-ring (bicyclic) bond motifs is 1. The van der Waals surface area contributed by atoms with Gasteiger partial charge in [0, 0.05) is 24.1 Å². The molecule has 1 aliphatic heterocycles. The lowest BCUT2D eigenvalue weighted by atomic mass is 10.0. The highest BCUT2D eigenvalue weighted by atomic mass is 16.5. The second kappa shape index (κ2) is 5.36. The molecule has 2 heterocycles. The molecule has 5 nitrogen and oxygen atoms in total. The van der Waals surface area contributed by atoms with Gasteiger partial charge >= 0.3 is 0 Å². The maximum absolute atomic E-state index is 12.0. The molecule has 20 heavy (non-hydrogen) atoms. The van der Waals surface area contributed by atoms with E-state index in [1.165, 1.54) is 4.68 Å². The highest BCUT2D eigenvalue weighted by Gasteiger charge is 2.24. The van der Waals surface area contributed by atoms with Crippen LogP contribution in [0.4, 0.5) is 5.69 Å². The van der Waals surface area contributed by atoms with Crippen LogP contribution in [-0.2, 0) is 6.54 Å². The Labute approximate surface area is 117 Å². The summed E-state index contributed by atoms with van der Waals surface area (Å²) in [5, 5.41) is 7.30. The largest absolute Gasteiger partial charge is 0.493 e. The minimum atomic E-state index is -0.0900. The first-order chi connectivity index (χ1) is 9.78. The van der Waals surface area contributed by atoms with Crippen LogP contribution in [0, 0.1) is 0 Å². The summed E-state index contributed by atoms with van der Waals surface area (Å²) in [6.07, 6.45) is 1.69. The minimum absolute atomic E-state index is 0.0900. The Morgan fingerprint density at radius 2 is 2.30 bits per heavy atom. The number of benzene rings is 1. The van der Waals surface area contributed by atoms with Gasteiger partial charge in [0.05, 0.1) is 25.0 Å². The first kappa shape index (κ1) is 12.7. The Kier molecular flexibility index (Phi) is 3.41. The molecule has 0 saturated carbocycles. The van der Waals surface area contributed by atoms with E-state index in [2.05, 4.69) is 10.4 Å². The summed E-state index contributed by atoms with van der Waals surface area (Å²) in [6.45, 7) is 3.90. The second-order valence-electron chi connectivity index (χ2n) is 4.84. The van der Waals surface area contributed by atoms with Crippen LogP contribution in [0.3, 0.4) is 0 Å². The lowest BCUT2D eigenvalue weighted by molar-refractivity contribution is 0.313. The van der Waals surface area contributed by atoms with Crippen LogP contribution in [0.1, 0.15) is 18.4 Å². The molecule has 1 atom stereocenters. The molecular formula is C15H17N3O2. The molecule has 0 saturated heterocycles. The van der Waals surface area contributed by atoms with Gasteiger partial charge in [-0.2, -0.15) is 5.10 Å². The molecule has 2 aromatic rings. The van der Waals surface area contributed by atoms with E-state index >= 15 is 0 Å². The Balaban J connectivity index is 1.81. The zero-order valence-electron chi connectivity index (χ0n) is 11.4. The Bertz CT molecular complexity index is 666. The normalized spacial score (nSPS) is 16.6. The van der Waals surface area contributed by atoms with E-state index in [0.29, 0.717) is 13.2 Å². The van der Waals surface area contributed by atoms with E-state index in [-0.39, 0.29) is 11.5 Å². The smallest absolute Gasteiger partial charge is 0.268 e. The van der Waals surface area contributed by atoms with Gasteiger partial charge < -0.3 is 10.1 Å². The molecule has 0 spiro atoms. The Morgan fingerprint density at radius 3 is 3.10 bits per heavy atom. The van der Waals surface area contributed by atoms with Gasteiger partial charge in [-0.1, -0.05) is 18.2 Å². The van der Waals surface area contributed by atoms with Crippen molar-refractivity contribution in [3.63, 3.8) is 0 Å². The van der Waals surface area contributed by atoms with E-state index in [0.717, 1.165) is 23.5 Å². The highest BCUT2D eigenvalue weighted by Crippen LogP contribution is 2.33. The quantitative estimate of drug-likeness (QED) is 0.922. The van der Waals surface area contributed by atoms with Crippen molar-refractivity contribution in [3.05, 3.63) is 52.4 Å². The molecule has 104 valence electrons. The van der Waals surface area contributed by atoms with E-state index in [1.807, 2.05) is 31.2 Å². The average molecular weight is 271 g/mol. The molecule has 0 amide bonds. The number of aromatic nitrogens is 2. The zero-order valence-corrected chi connectivity index (χ0v) is 11.4. The standard InChI is InChI=1S/C15H17N3O2/c1-2-16-12-7-15(19)18(17-8-12)9-11-10-20-14-6-4-3-5-13(11)14/h3-8,11,16H,2,9-10H2,1H3. The van der Waals surface area contributed by atoms with Gasteiger partial charge in [0.25, 0.3) is 5.56 Å². The molecule has 5 heteroatoms. The van der Waals surface area contributed by atoms with Gasteiger partial charge in [-0.05, 0) is 13.0 Å². The molecule has 1 aromatic heterocycles. The van der Waals surface area contributed by atoms with Gasteiger partial charge in [0.15, 0.2) is 0 Å². The van der Waals surface area contributed by atoms with Crippen LogP contribution >= 0.6 is 0 Å². The molecule has 1 N–H and O–H groups in total. The minimum Gasteiger partial charge on any atom is -0.493 e. The molecule has 0 fully saturated rings. The van der Waals surface area contributed by atoms with E-state index < -0.39 is 0 Å². The monoisotopic (exact) mass is 271 g/mol. The van der Waals surface area contributed by atoms with Gasteiger partial charge in [-0.3, -0.25) is 4.79 Å². The van der Waals surface area contributed by atoms with Crippen molar-refractivity contribution in [1.29, 1.82) is 0 Å². The van der Waals surface area contributed by atoms with Gasteiger partial charge in [-0.15, -0.1) is 0 Å². The topological polar surface area (TPSA) is 56.1 Å². The summed E-state index contributed by atoms with van der Waals surface area (Å²) >= 11 is 0. The summed E-state index contributed by atoms with van der Waals surface area (Å²) in [5.74, 6) is 1.09. The summed E-state index contributed by atoms with van der Waals surface area (Å²) < 4.78 is 7.13. The van der Waals surface area contributed by atoms with Crippen molar-refractivity contribution in [1.82, 2.24) is 9.78 Å². The predicted octanol–water partition coefficient (Wildman–Crippen LogP) is 1.85. The molecule has 1 aliphatic rings. The third-order valence-electron chi connectivity index (χ3n) is 3.44. The van der Waals surface area contributed by atoms with Crippen LogP contribution in [0.5, 0.6) is 5.75 Å². The molecular weight excluding hydrogens is 254 g/mol. The number of rotatable bonds is 4. The number of nitrogens with zero attached hydrogens (tertiary/aromatic N) is 2. The summed E-state index contributed by atoms with van der Waals surface area (Å²) in [5.41, 5.74) is 1.82. The fourth-order valence-corrected chi connectivity index (χ4v) is 2.46. The van der Waals surface area contributed by atoms with Crippen LogP contribution in [0.2, 0.25) is 0 Å². The number of ether oxygens (including phenoxy) is 1. The fourth-order valence-electron chi connectivity index (χ4n) is 2.46. The summed E-state index contributed by atoms with van der Waals surface area (Å²) in [6, 6.07) is 9.53. The van der Waals surface area contributed by atoms with Crippen LogP contribution in [0.25, 0.3) is 0 Å². The molecule has 0 aliphatic carbocycles. The van der Waals surface area contributed by atoms with Crippen molar-refractivity contribution in [2.45, 2.75) is 19.4 Å². The molecule has 1 unspecified atom stereocenters. The van der Waals surface area contributed by atoms with Crippen molar-refractivity contribution in [2.24, 2.45) is 0 Å². The van der Waals surface area contributed by atoms with Gasteiger partial charge in [-0.25, -0.2) is 4.68 Å². The number of hydrogen-bond acceptors (Lipinski definition) is 4. The number of anilines is 1. The van der Waals surface area contributed by atoms with Crippen LogP contribution in [-0.4, -0.2) is 22.9 Å². The first-order valence-corrected chi connectivity index (χ1v) is 6.80. The number of para-hydroxylation sites is 1. The Hall–Kier alpha value is -2.30. The number of hydrogen-bond donors (Lipinski definition) is 1. The predicted molar refractivity (Wildman–Crippen MR) is 77.3 cm³/mol. The first-order valence-electron chi connectivity index (χ1n) is 6.80. The highest BCUT2D eigenvalue weighted by molar-refractivity contribution is 5.40. The molecule has 3 rings (SSSR count). The van der Waals surface area contributed by atoms with E-state index in [1.54, 1.807) is 12.3 Å². The summed E-state index contributed by atoms with van der Waals surface area (Å²) in [7, 11) is 0. The van der Waals surface area contributed by atoms with Crippen molar-refractivity contribution in [2.75, 3.05) is 18.5 Å². The molecule has 0 bridgehead atoms. The lowest BCUT2D eigenvalue weighted by Gasteiger charge is -2.11. The maximum atomic E-state index is 12.0.